The number of fused-ring (bicyclic) bond motifs is 1. The Kier molecular flexibility index (Phi) is 4.24. The fourth-order valence-electron chi connectivity index (χ4n) is 2.64. The third kappa shape index (κ3) is 2.81. The van der Waals surface area contributed by atoms with Gasteiger partial charge in [-0.3, -0.25) is 9.48 Å². The Morgan fingerprint density at radius 1 is 1.68 bits per heavy atom. The molecule has 0 saturated heterocycles. The second-order valence-electron chi connectivity index (χ2n) is 5.53. The van der Waals surface area contributed by atoms with E-state index in [0.717, 1.165) is 31.2 Å². The monoisotopic (exact) mass is 264 g/mol. The van der Waals surface area contributed by atoms with E-state index >= 15 is 0 Å². The minimum atomic E-state index is -0.424. The van der Waals surface area contributed by atoms with Crippen LogP contribution in [0.15, 0.2) is 6.20 Å². The van der Waals surface area contributed by atoms with Crippen molar-refractivity contribution in [3.05, 3.63) is 17.5 Å². The first-order valence-electron chi connectivity index (χ1n) is 7.11. The largest absolute Gasteiger partial charge is 0.348 e. The van der Waals surface area contributed by atoms with Gasteiger partial charge in [0.25, 0.3) is 0 Å². The third-order valence-corrected chi connectivity index (χ3v) is 4.25. The number of nitrogens with one attached hydrogen (secondary N) is 1. The molecule has 0 aromatic carbocycles. The summed E-state index contributed by atoms with van der Waals surface area (Å²) in [5.41, 5.74) is 8.36. The maximum absolute atomic E-state index is 12.2. The molecule has 3 N–H and O–H groups in total. The van der Waals surface area contributed by atoms with Crippen molar-refractivity contribution in [1.29, 1.82) is 0 Å². The van der Waals surface area contributed by atoms with Gasteiger partial charge in [-0.1, -0.05) is 20.3 Å². The van der Waals surface area contributed by atoms with E-state index in [1.807, 2.05) is 24.9 Å². The van der Waals surface area contributed by atoms with Crippen LogP contribution < -0.4 is 11.1 Å². The van der Waals surface area contributed by atoms with E-state index in [1.165, 1.54) is 5.69 Å². The molecule has 2 unspecified atom stereocenters. The molecule has 1 amide bonds. The molecule has 19 heavy (non-hydrogen) atoms. The number of nitrogens with zero attached hydrogens (tertiary/aromatic N) is 2. The maximum Gasteiger partial charge on any atom is 0.237 e. The Hall–Kier alpha value is -1.36. The molecule has 5 nitrogen and oxygen atoms in total. The lowest BCUT2D eigenvalue weighted by atomic mass is 9.92. The van der Waals surface area contributed by atoms with Crippen molar-refractivity contribution >= 4 is 5.91 Å². The quantitative estimate of drug-likeness (QED) is 0.860. The summed E-state index contributed by atoms with van der Waals surface area (Å²) in [4.78, 5) is 12.2. The molecular weight excluding hydrogens is 240 g/mol. The number of nitrogens with two attached hydrogens (primary N) is 1. The number of aromatic nitrogens is 2. The molecule has 0 spiro atoms. The van der Waals surface area contributed by atoms with Crippen LogP contribution in [0, 0.1) is 5.92 Å². The highest BCUT2D eigenvalue weighted by molar-refractivity contribution is 5.82. The fourth-order valence-corrected chi connectivity index (χ4v) is 2.64. The minimum absolute atomic E-state index is 0.0453. The van der Waals surface area contributed by atoms with E-state index < -0.39 is 6.04 Å². The zero-order valence-electron chi connectivity index (χ0n) is 12.0. The lowest BCUT2D eigenvalue weighted by molar-refractivity contribution is -0.124. The van der Waals surface area contributed by atoms with Crippen LogP contribution in [0.4, 0.5) is 0 Å². The van der Waals surface area contributed by atoms with Crippen molar-refractivity contribution in [3.63, 3.8) is 0 Å². The normalized spacial score (nSPS) is 21.6. The van der Waals surface area contributed by atoms with Crippen molar-refractivity contribution < 1.29 is 4.79 Å². The van der Waals surface area contributed by atoms with Crippen LogP contribution in [-0.2, 0) is 18.3 Å². The molecule has 1 aliphatic carbocycles. The summed E-state index contributed by atoms with van der Waals surface area (Å²) in [5.74, 6) is 0.160. The van der Waals surface area contributed by atoms with E-state index in [9.17, 15) is 4.79 Å². The van der Waals surface area contributed by atoms with Crippen molar-refractivity contribution in [2.45, 2.75) is 51.6 Å². The van der Waals surface area contributed by atoms with E-state index in [-0.39, 0.29) is 17.9 Å². The average molecular weight is 264 g/mol. The first-order chi connectivity index (χ1) is 9.04. The van der Waals surface area contributed by atoms with Crippen molar-refractivity contribution in [2.24, 2.45) is 18.7 Å². The molecule has 3 atom stereocenters. The van der Waals surface area contributed by atoms with Crippen LogP contribution in [0.5, 0.6) is 0 Å². The minimum Gasteiger partial charge on any atom is -0.348 e. The number of carbonyl (C=O) groups is 1. The Morgan fingerprint density at radius 2 is 2.42 bits per heavy atom. The lowest BCUT2D eigenvalue weighted by Gasteiger charge is -2.26. The van der Waals surface area contributed by atoms with Crippen LogP contribution in [0.2, 0.25) is 0 Å². The number of hydrogen-bond donors (Lipinski definition) is 2. The summed E-state index contributed by atoms with van der Waals surface area (Å²) in [6.45, 7) is 4.07. The van der Waals surface area contributed by atoms with Crippen LogP contribution in [0.25, 0.3) is 0 Å². The molecule has 0 aliphatic heterocycles. The molecule has 1 aromatic heterocycles. The predicted octanol–water partition coefficient (Wildman–Crippen LogP) is 1.29. The molecule has 1 aliphatic rings. The summed E-state index contributed by atoms with van der Waals surface area (Å²) in [6, 6.07) is -0.355. The zero-order chi connectivity index (χ0) is 14.0. The first-order valence-corrected chi connectivity index (χ1v) is 7.11. The third-order valence-electron chi connectivity index (χ3n) is 4.25. The molecule has 0 radical (unpaired) electrons. The van der Waals surface area contributed by atoms with Gasteiger partial charge in [-0.05, 0) is 25.2 Å². The van der Waals surface area contributed by atoms with Crippen molar-refractivity contribution in [1.82, 2.24) is 15.1 Å². The smallest absolute Gasteiger partial charge is 0.237 e. The lowest BCUT2D eigenvalue weighted by Crippen LogP contribution is -2.46. The second-order valence-corrected chi connectivity index (χ2v) is 5.53. The molecule has 1 aromatic rings. The highest BCUT2D eigenvalue weighted by Gasteiger charge is 2.27. The van der Waals surface area contributed by atoms with Gasteiger partial charge in [-0.15, -0.1) is 0 Å². The Morgan fingerprint density at radius 3 is 3.11 bits per heavy atom. The molecule has 106 valence electrons. The van der Waals surface area contributed by atoms with Crippen molar-refractivity contribution in [3.8, 4) is 0 Å². The van der Waals surface area contributed by atoms with Crippen LogP contribution in [-0.4, -0.2) is 21.7 Å². The topological polar surface area (TPSA) is 72.9 Å². The number of rotatable bonds is 4. The molecule has 5 heteroatoms. The first kappa shape index (κ1) is 14.1. The molecule has 0 bridgehead atoms. The Labute approximate surface area is 114 Å². The predicted molar refractivity (Wildman–Crippen MR) is 74.5 cm³/mol. The summed E-state index contributed by atoms with van der Waals surface area (Å²) in [5, 5.41) is 7.37. The van der Waals surface area contributed by atoms with Gasteiger partial charge in [0.05, 0.1) is 18.3 Å². The highest BCUT2D eigenvalue weighted by atomic mass is 16.2. The van der Waals surface area contributed by atoms with Gasteiger partial charge in [0.15, 0.2) is 0 Å². The molecular formula is C14H24N4O. The number of carbonyl (C=O) groups excluding carboxylic acids is 1. The van der Waals surface area contributed by atoms with Gasteiger partial charge < -0.3 is 11.1 Å². The number of hydrogen-bond acceptors (Lipinski definition) is 3. The molecule has 0 saturated carbocycles. The van der Waals surface area contributed by atoms with E-state index in [4.69, 9.17) is 5.73 Å². The summed E-state index contributed by atoms with van der Waals surface area (Å²) in [6.07, 6.45) is 5.87. The molecule has 2 rings (SSSR count). The Balaban J connectivity index is 2.06. The van der Waals surface area contributed by atoms with Gasteiger partial charge in [0.1, 0.15) is 0 Å². The van der Waals surface area contributed by atoms with Gasteiger partial charge in [0, 0.05) is 18.3 Å². The van der Waals surface area contributed by atoms with E-state index in [1.54, 1.807) is 0 Å². The summed E-state index contributed by atoms with van der Waals surface area (Å²) in [7, 11) is 1.95. The fraction of sp³-hybridized carbons (Fsp3) is 0.714. The Bertz CT molecular complexity index is 454. The summed E-state index contributed by atoms with van der Waals surface area (Å²) >= 11 is 0. The molecule has 1 heterocycles. The molecule has 0 fully saturated rings. The van der Waals surface area contributed by atoms with E-state index in [0.29, 0.717) is 0 Å². The van der Waals surface area contributed by atoms with Gasteiger partial charge >= 0.3 is 0 Å². The maximum atomic E-state index is 12.2. The van der Waals surface area contributed by atoms with E-state index in [2.05, 4.69) is 17.3 Å². The average Bonchev–Trinajstić information content (AvgIpc) is 2.80. The van der Waals surface area contributed by atoms with Crippen LogP contribution in [0.1, 0.15) is 50.4 Å². The summed E-state index contributed by atoms with van der Waals surface area (Å²) < 4.78 is 1.91. The number of amides is 1. The standard InChI is InChI=1S/C14H24N4O/c1-4-9(2)13(15)14(19)17-11-6-5-7-12-10(11)8-16-18(12)3/h8-9,11,13H,4-7,15H2,1-3H3,(H,17,19)/t9?,11?,13-/m0/s1. The van der Waals surface area contributed by atoms with Gasteiger partial charge in [0.2, 0.25) is 5.91 Å². The van der Waals surface area contributed by atoms with Gasteiger partial charge in [-0.2, -0.15) is 5.10 Å². The SMILES string of the molecule is CCC(C)[C@H](N)C(=O)NC1CCCc2c1cnn2C. The van der Waals surface area contributed by atoms with Crippen molar-refractivity contribution in [2.75, 3.05) is 0 Å². The second kappa shape index (κ2) is 5.74. The zero-order valence-corrected chi connectivity index (χ0v) is 12.0. The highest BCUT2D eigenvalue weighted by Crippen LogP contribution is 2.29. The van der Waals surface area contributed by atoms with Crippen LogP contribution in [0.3, 0.4) is 0 Å². The number of aryl methyl sites for hydroxylation is 1. The van der Waals surface area contributed by atoms with Crippen LogP contribution >= 0.6 is 0 Å². The van der Waals surface area contributed by atoms with Gasteiger partial charge in [-0.25, -0.2) is 0 Å².